The van der Waals surface area contributed by atoms with E-state index in [2.05, 4.69) is 56.1 Å². The average Bonchev–Trinajstić information content (AvgIpc) is 2.94. The summed E-state index contributed by atoms with van der Waals surface area (Å²) < 4.78 is 2.02. The summed E-state index contributed by atoms with van der Waals surface area (Å²) in [5, 5.41) is 8.25. The van der Waals surface area contributed by atoms with Crippen molar-refractivity contribution in [2.45, 2.75) is 72.1 Å². The zero-order valence-electron chi connectivity index (χ0n) is 14.4. The van der Waals surface area contributed by atoms with Crippen LogP contribution in [0.3, 0.4) is 0 Å². The second-order valence-corrected chi connectivity index (χ2v) is 6.79. The molecule has 120 valence electrons. The van der Waals surface area contributed by atoms with Crippen LogP contribution < -0.4 is 5.32 Å². The molecule has 1 aromatic heterocycles. The number of piperazine rings is 1. The first-order valence-electron chi connectivity index (χ1n) is 8.54. The molecule has 0 amide bonds. The first-order valence-corrected chi connectivity index (χ1v) is 8.54. The predicted molar refractivity (Wildman–Crippen MR) is 88.3 cm³/mol. The monoisotopic (exact) mass is 292 g/mol. The highest BCUT2D eigenvalue weighted by Gasteiger charge is 2.37. The van der Waals surface area contributed by atoms with Gasteiger partial charge in [0.15, 0.2) is 0 Å². The normalized spacial score (nSPS) is 22.9. The van der Waals surface area contributed by atoms with Gasteiger partial charge in [-0.1, -0.05) is 27.7 Å². The lowest BCUT2D eigenvalue weighted by atomic mass is 9.86. The van der Waals surface area contributed by atoms with Crippen molar-refractivity contribution < 1.29 is 0 Å². The molecule has 0 aromatic carbocycles. The Morgan fingerprint density at radius 3 is 2.57 bits per heavy atom. The Balaban J connectivity index is 2.13. The Labute approximate surface area is 129 Å². The summed E-state index contributed by atoms with van der Waals surface area (Å²) in [6.07, 6.45) is 6.61. The fraction of sp³-hybridized carbons (Fsp3) is 0.824. The molecule has 1 aliphatic heterocycles. The van der Waals surface area contributed by atoms with Gasteiger partial charge in [0.25, 0.3) is 0 Å². The number of hydrogen-bond acceptors (Lipinski definition) is 3. The van der Waals surface area contributed by atoms with Crippen molar-refractivity contribution in [1.29, 1.82) is 0 Å². The highest BCUT2D eigenvalue weighted by atomic mass is 15.3. The Bertz CT molecular complexity index is 434. The molecule has 21 heavy (non-hydrogen) atoms. The lowest BCUT2D eigenvalue weighted by Gasteiger charge is -2.49. The zero-order valence-corrected chi connectivity index (χ0v) is 14.4. The summed E-state index contributed by atoms with van der Waals surface area (Å²) in [5.74, 6) is 0.672. The summed E-state index contributed by atoms with van der Waals surface area (Å²) in [7, 11) is 0. The first-order chi connectivity index (χ1) is 10.0. The topological polar surface area (TPSA) is 33.1 Å². The van der Waals surface area contributed by atoms with E-state index in [0.29, 0.717) is 12.0 Å². The number of nitrogens with one attached hydrogen (secondary N) is 1. The van der Waals surface area contributed by atoms with E-state index >= 15 is 0 Å². The summed E-state index contributed by atoms with van der Waals surface area (Å²) in [6.45, 7) is 15.6. The van der Waals surface area contributed by atoms with Crippen molar-refractivity contribution in [2.24, 2.45) is 5.92 Å². The van der Waals surface area contributed by atoms with Gasteiger partial charge in [-0.2, -0.15) is 5.10 Å². The van der Waals surface area contributed by atoms with Crippen molar-refractivity contribution in [3.8, 4) is 0 Å². The maximum atomic E-state index is 4.42. The lowest BCUT2D eigenvalue weighted by Crippen LogP contribution is -2.64. The minimum absolute atomic E-state index is 0.284. The van der Waals surface area contributed by atoms with E-state index in [0.717, 1.165) is 26.2 Å². The Morgan fingerprint density at radius 2 is 2.05 bits per heavy atom. The van der Waals surface area contributed by atoms with Crippen molar-refractivity contribution in [2.75, 3.05) is 13.1 Å². The standard InChI is InChI=1S/C17H32N4/c1-6-17(7-2)13-20(16(10-18-17)14(4)5)11-15-9-19-21(8-3)12-15/h9,12,14,16,18H,6-8,10-11,13H2,1-5H3. The van der Waals surface area contributed by atoms with Crippen LogP contribution in [0.5, 0.6) is 0 Å². The van der Waals surface area contributed by atoms with E-state index in [1.807, 2.05) is 10.9 Å². The van der Waals surface area contributed by atoms with Gasteiger partial charge < -0.3 is 5.32 Å². The molecule has 1 fully saturated rings. The van der Waals surface area contributed by atoms with Crippen LogP contribution in [0, 0.1) is 5.92 Å². The van der Waals surface area contributed by atoms with E-state index in [1.54, 1.807) is 0 Å². The van der Waals surface area contributed by atoms with E-state index in [9.17, 15) is 0 Å². The van der Waals surface area contributed by atoms with Crippen molar-refractivity contribution >= 4 is 0 Å². The molecule has 0 saturated carbocycles. The maximum Gasteiger partial charge on any atom is 0.0534 e. The Hall–Kier alpha value is -0.870. The van der Waals surface area contributed by atoms with Crippen molar-refractivity contribution in [3.63, 3.8) is 0 Å². The second-order valence-electron chi connectivity index (χ2n) is 6.79. The summed E-state index contributed by atoms with van der Waals surface area (Å²) >= 11 is 0. The van der Waals surface area contributed by atoms with Gasteiger partial charge in [-0.3, -0.25) is 9.58 Å². The van der Waals surface area contributed by atoms with Crippen molar-refractivity contribution in [3.05, 3.63) is 18.0 Å². The summed E-state index contributed by atoms with van der Waals surface area (Å²) in [6, 6.07) is 0.612. The van der Waals surface area contributed by atoms with Gasteiger partial charge in [0, 0.05) is 49.5 Å². The minimum Gasteiger partial charge on any atom is -0.308 e. The Morgan fingerprint density at radius 1 is 1.33 bits per heavy atom. The van der Waals surface area contributed by atoms with E-state index in [1.165, 1.54) is 18.4 Å². The number of hydrogen-bond donors (Lipinski definition) is 1. The third-order valence-electron chi connectivity index (χ3n) is 5.18. The van der Waals surface area contributed by atoms with Gasteiger partial charge in [0.1, 0.15) is 0 Å². The van der Waals surface area contributed by atoms with Crippen LogP contribution in [0.15, 0.2) is 12.4 Å². The molecule has 2 heterocycles. The molecular weight excluding hydrogens is 260 g/mol. The van der Waals surface area contributed by atoms with Crippen LogP contribution in [-0.2, 0) is 13.1 Å². The molecule has 4 nitrogen and oxygen atoms in total. The number of aromatic nitrogens is 2. The van der Waals surface area contributed by atoms with Gasteiger partial charge in [-0.25, -0.2) is 0 Å². The van der Waals surface area contributed by atoms with Crippen molar-refractivity contribution in [1.82, 2.24) is 20.0 Å². The quantitative estimate of drug-likeness (QED) is 0.875. The fourth-order valence-electron chi connectivity index (χ4n) is 3.46. The SMILES string of the molecule is CCn1cc(CN2CC(CC)(CC)NCC2C(C)C)cn1. The third kappa shape index (κ3) is 3.67. The van der Waals surface area contributed by atoms with E-state index in [-0.39, 0.29) is 5.54 Å². The van der Waals surface area contributed by atoms with Gasteiger partial charge >= 0.3 is 0 Å². The second kappa shape index (κ2) is 6.93. The van der Waals surface area contributed by atoms with Crippen LogP contribution in [0.25, 0.3) is 0 Å². The molecule has 1 aliphatic rings. The molecule has 0 radical (unpaired) electrons. The van der Waals surface area contributed by atoms with Gasteiger partial charge in [-0.05, 0) is 25.7 Å². The molecule has 2 rings (SSSR count). The molecule has 1 saturated heterocycles. The molecule has 1 atom stereocenters. The molecule has 1 aromatic rings. The molecule has 0 aliphatic carbocycles. The average molecular weight is 292 g/mol. The molecule has 4 heteroatoms. The van der Waals surface area contributed by atoms with Crippen LogP contribution in [0.4, 0.5) is 0 Å². The van der Waals surface area contributed by atoms with Gasteiger partial charge in [0.05, 0.1) is 6.20 Å². The number of rotatable bonds is 6. The fourth-order valence-corrected chi connectivity index (χ4v) is 3.46. The first kappa shape index (κ1) is 16.5. The number of nitrogens with zero attached hydrogens (tertiary/aromatic N) is 3. The van der Waals surface area contributed by atoms with Crippen LogP contribution in [-0.4, -0.2) is 39.4 Å². The van der Waals surface area contributed by atoms with Gasteiger partial charge in [0.2, 0.25) is 0 Å². The summed E-state index contributed by atoms with van der Waals surface area (Å²) in [4.78, 5) is 2.67. The van der Waals surface area contributed by atoms with Crippen LogP contribution >= 0.6 is 0 Å². The molecule has 1 unspecified atom stereocenters. The highest BCUT2D eigenvalue weighted by molar-refractivity contribution is 5.07. The third-order valence-corrected chi connectivity index (χ3v) is 5.18. The smallest absolute Gasteiger partial charge is 0.0534 e. The molecular formula is C17H32N4. The van der Waals surface area contributed by atoms with Crippen LogP contribution in [0.1, 0.15) is 53.0 Å². The van der Waals surface area contributed by atoms with Crippen LogP contribution in [0.2, 0.25) is 0 Å². The number of aryl methyl sites for hydroxylation is 1. The Kier molecular flexibility index (Phi) is 5.44. The summed E-state index contributed by atoms with van der Waals surface area (Å²) in [5.41, 5.74) is 1.62. The molecule has 0 bridgehead atoms. The van der Waals surface area contributed by atoms with E-state index < -0.39 is 0 Å². The predicted octanol–water partition coefficient (Wildman–Crippen LogP) is 2.89. The minimum atomic E-state index is 0.284. The highest BCUT2D eigenvalue weighted by Crippen LogP contribution is 2.27. The maximum absolute atomic E-state index is 4.42. The molecule has 1 N–H and O–H groups in total. The largest absolute Gasteiger partial charge is 0.308 e. The molecule has 0 spiro atoms. The van der Waals surface area contributed by atoms with E-state index in [4.69, 9.17) is 0 Å². The van der Waals surface area contributed by atoms with Gasteiger partial charge in [-0.15, -0.1) is 0 Å². The zero-order chi connectivity index (χ0) is 15.5. The lowest BCUT2D eigenvalue weighted by molar-refractivity contribution is 0.0443.